The van der Waals surface area contributed by atoms with Crippen LogP contribution in [0.1, 0.15) is 64.6 Å². The fourth-order valence-corrected chi connectivity index (χ4v) is 5.51. The summed E-state index contributed by atoms with van der Waals surface area (Å²) in [5.41, 5.74) is 0.568. The molecule has 3 aromatic rings. The van der Waals surface area contributed by atoms with E-state index in [0.29, 0.717) is 19.5 Å². The average molecular weight is 553 g/mol. The van der Waals surface area contributed by atoms with Gasteiger partial charge < -0.3 is 5.32 Å². The van der Waals surface area contributed by atoms with Crippen LogP contribution in [0.2, 0.25) is 0 Å². The van der Waals surface area contributed by atoms with Gasteiger partial charge in [-0.15, -0.1) is 0 Å². The number of fused-ring (bicyclic) bond motifs is 1. The molecular weight excluding hydrogens is 522 g/mol. The number of aromatic nitrogens is 2. The first kappa shape index (κ1) is 28.7. The highest BCUT2D eigenvalue weighted by Crippen LogP contribution is 2.42. The largest absolute Gasteiger partial charge is 0.416 e. The van der Waals surface area contributed by atoms with Gasteiger partial charge in [-0.05, 0) is 56.0 Å². The third kappa shape index (κ3) is 5.98. The standard InChI is InChI=1S/C28H30F6N4O/c1-4-38-23-12-13-37(25(26(39)35-3)19-8-6-5-7-9-19)22(24(23)17(2)36-38)11-10-18-14-20(27(29,30)31)16-21(15-18)28(32,33)34/h5-9,14-16,22,25H,4,10-13H2,1-3H3,(H,35,39). The number of aryl methyl sites for hydroxylation is 3. The van der Waals surface area contributed by atoms with Crippen LogP contribution in [0.25, 0.3) is 0 Å². The van der Waals surface area contributed by atoms with Gasteiger partial charge in [0.2, 0.25) is 5.91 Å². The third-order valence-electron chi connectivity index (χ3n) is 7.22. The number of carbonyl (C=O) groups is 1. The molecule has 0 bridgehead atoms. The smallest absolute Gasteiger partial charge is 0.358 e. The van der Waals surface area contributed by atoms with Gasteiger partial charge in [-0.25, -0.2) is 0 Å². The molecule has 0 saturated carbocycles. The molecule has 39 heavy (non-hydrogen) atoms. The van der Waals surface area contributed by atoms with E-state index in [-0.39, 0.29) is 30.4 Å². The van der Waals surface area contributed by atoms with Gasteiger partial charge >= 0.3 is 12.4 Å². The molecule has 1 amide bonds. The van der Waals surface area contributed by atoms with Crippen molar-refractivity contribution in [1.29, 1.82) is 0 Å². The van der Waals surface area contributed by atoms with Crippen LogP contribution >= 0.6 is 0 Å². The maximum atomic E-state index is 13.5. The Morgan fingerprint density at radius 1 is 1.05 bits per heavy atom. The number of rotatable bonds is 7. The molecule has 2 aromatic carbocycles. The number of benzene rings is 2. The number of nitrogens with one attached hydrogen (secondary N) is 1. The second-order valence-electron chi connectivity index (χ2n) is 9.65. The van der Waals surface area contributed by atoms with Gasteiger partial charge in [0.15, 0.2) is 0 Å². The summed E-state index contributed by atoms with van der Waals surface area (Å²) >= 11 is 0. The molecule has 2 heterocycles. The normalized spacial score (nSPS) is 17.1. The van der Waals surface area contributed by atoms with Crippen molar-refractivity contribution in [2.24, 2.45) is 0 Å². The Kier molecular flexibility index (Phi) is 8.11. The van der Waals surface area contributed by atoms with E-state index in [1.165, 1.54) is 7.05 Å². The summed E-state index contributed by atoms with van der Waals surface area (Å²) in [7, 11) is 1.53. The molecule has 1 N–H and O–H groups in total. The van der Waals surface area contributed by atoms with Crippen molar-refractivity contribution < 1.29 is 31.1 Å². The number of alkyl halides is 6. The molecule has 2 unspecified atom stereocenters. The Morgan fingerprint density at radius 3 is 2.21 bits per heavy atom. The molecule has 0 radical (unpaired) electrons. The van der Waals surface area contributed by atoms with E-state index in [2.05, 4.69) is 10.4 Å². The van der Waals surface area contributed by atoms with Crippen LogP contribution in [-0.4, -0.2) is 34.2 Å². The van der Waals surface area contributed by atoms with E-state index in [4.69, 9.17) is 0 Å². The summed E-state index contributed by atoms with van der Waals surface area (Å²) in [6.45, 7) is 4.87. The van der Waals surface area contributed by atoms with Gasteiger partial charge in [-0.3, -0.25) is 14.4 Å². The Bertz CT molecular complexity index is 1280. The molecule has 4 rings (SSSR count). The summed E-state index contributed by atoms with van der Waals surface area (Å²) in [5.74, 6) is -0.256. The Hall–Kier alpha value is -3.34. The van der Waals surface area contributed by atoms with Crippen molar-refractivity contribution in [3.05, 3.63) is 87.7 Å². The first-order valence-corrected chi connectivity index (χ1v) is 12.7. The Morgan fingerprint density at radius 2 is 1.67 bits per heavy atom. The molecule has 0 spiro atoms. The fourth-order valence-electron chi connectivity index (χ4n) is 5.51. The highest BCUT2D eigenvalue weighted by atomic mass is 19.4. The minimum absolute atomic E-state index is 0.0559. The van der Waals surface area contributed by atoms with Crippen LogP contribution in [-0.2, 0) is 36.5 Å². The first-order valence-electron chi connectivity index (χ1n) is 12.7. The van der Waals surface area contributed by atoms with E-state index in [1.54, 1.807) is 0 Å². The molecule has 1 aromatic heterocycles. The quantitative estimate of drug-likeness (QED) is 0.352. The molecule has 1 aliphatic heterocycles. The molecule has 2 atom stereocenters. The molecule has 5 nitrogen and oxygen atoms in total. The second kappa shape index (κ2) is 11.0. The van der Waals surface area contributed by atoms with Crippen molar-refractivity contribution in [1.82, 2.24) is 20.0 Å². The van der Waals surface area contributed by atoms with Crippen molar-refractivity contribution in [2.75, 3.05) is 13.6 Å². The van der Waals surface area contributed by atoms with Gasteiger partial charge in [-0.1, -0.05) is 30.3 Å². The van der Waals surface area contributed by atoms with E-state index in [0.717, 1.165) is 34.6 Å². The van der Waals surface area contributed by atoms with Crippen LogP contribution in [0.4, 0.5) is 26.3 Å². The minimum Gasteiger partial charge on any atom is -0.358 e. The maximum Gasteiger partial charge on any atom is 0.416 e. The number of halogens is 6. The zero-order valence-electron chi connectivity index (χ0n) is 21.8. The number of carbonyl (C=O) groups excluding carboxylic acids is 1. The van der Waals surface area contributed by atoms with E-state index in [9.17, 15) is 31.1 Å². The van der Waals surface area contributed by atoms with Crippen LogP contribution in [0.15, 0.2) is 48.5 Å². The van der Waals surface area contributed by atoms with Crippen molar-refractivity contribution >= 4 is 5.91 Å². The predicted octanol–water partition coefficient (Wildman–Crippen LogP) is 6.27. The van der Waals surface area contributed by atoms with Gasteiger partial charge in [0.1, 0.15) is 6.04 Å². The lowest BCUT2D eigenvalue weighted by atomic mass is 9.88. The van der Waals surface area contributed by atoms with Crippen LogP contribution in [0.3, 0.4) is 0 Å². The maximum absolute atomic E-state index is 13.5. The molecule has 210 valence electrons. The number of hydrogen-bond acceptors (Lipinski definition) is 3. The van der Waals surface area contributed by atoms with Gasteiger partial charge in [0, 0.05) is 43.9 Å². The minimum atomic E-state index is -4.92. The lowest BCUT2D eigenvalue weighted by Gasteiger charge is -2.41. The summed E-state index contributed by atoms with van der Waals surface area (Å²) < 4.78 is 82.7. The van der Waals surface area contributed by atoms with Crippen LogP contribution < -0.4 is 5.32 Å². The summed E-state index contributed by atoms with van der Waals surface area (Å²) in [6, 6.07) is 9.66. The van der Waals surface area contributed by atoms with Gasteiger partial charge in [0.25, 0.3) is 0 Å². The lowest BCUT2D eigenvalue weighted by molar-refractivity contribution is -0.143. The number of hydrogen-bond donors (Lipinski definition) is 1. The highest BCUT2D eigenvalue weighted by Gasteiger charge is 2.40. The number of likely N-dealkylation sites (N-methyl/N-ethyl adjacent to an activating group) is 1. The Labute approximate surface area is 222 Å². The van der Waals surface area contributed by atoms with Crippen LogP contribution in [0.5, 0.6) is 0 Å². The lowest BCUT2D eigenvalue weighted by Crippen LogP contribution is -2.45. The molecule has 11 heteroatoms. The first-order chi connectivity index (χ1) is 18.3. The number of amides is 1. The summed E-state index contributed by atoms with van der Waals surface area (Å²) in [5, 5.41) is 7.34. The average Bonchev–Trinajstić information content (AvgIpc) is 3.23. The SMILES string of the molecule is CCn1nc(C)c2c1CCN(C(C(=O)NC)c1ccccc1)C2CCc1cc(C(F)(F)F)cc(C(F)(F)F)c1. The number of nitrogens with zero attached hydrogens (tertiary/aromatic N) is 3. The second-order valence-corrected chi connectivity index (χ2v) is 9.65. The van der Waals surface area contributed by atoms with E-state index < -0.39 is 35.6 Å². The predicted molar refractivity (Wildman–Crippen MR) is 134 cm³/mol. The summed E-state index contributed by atoms with van der Waals surface area (Å²) in [4.78, 5) is 15.2. The van der Waals surface area contributed by atoms with E-state index in [1.807, 2.05) is 53.8 Å². The van der Waals surface area contributed by atoms with Gasteiger partial charge in [0.05, 0.1) is 16.8 Å². The van der Waals surface area contributed by atoms with Crippen molar-refractivity contribution in [2.45, 2.75) is 64.1 Å². The molecule has 0 aliphatic carbocycles. The molecule has 1 aliphatic rings. The molecule has 0 fully saturated rings. The summed E-state index contributed by atoms with van der Waals surface area (Å²) in [6.07, 6.45) is -9.10. The Balaban J connectivity index is 1.78. The zero-order chi connectivity index (χ0) is 28.5. The topological polar surface area (TPSA) is 50.2 Å². The van der Waals surface area contributed by atoms with Crippen LogP contribution in [0, 0.1) is 6.92 Å². The fraction of sp³-hybridized carbons (Fsp3) is 0.429. The highest BCUT2D eigenvalue weighted by molar-refractivity contribution is 5.83. The monoisotopic (exact) mass is 552 g/mol. The molecule has 0 saturated heterocycles. The zero-order valence-corrected chi connectivity index (χ0v) is 21.8. The third-order valence-corrected chi connectivity index (χ3v) is 7.22. The molecular formula is C28H30F6N4O. The van der Waals surface area contributed by atoms with Crippen molar-refractivity contribution in [3.8, 4) is 0 Å². The van der Waals surface area contributed by atoms with E-state index >= 15 is 0 Å². The van der Waals surface area contributed by atoms with Gasteiger partial charge in [-0.2, -0.15) is 31.4 Å². The van der Waals surface area contributed by atoms with Crippen molar-refractivity contribution in [3.63, 3.8) is 0 Å².